The highest BCUT2D eigenvalue weighted by molar-refractivity contribution is 7.62. The van der Waals surface area contributed by atoms with Gasteiger partial charge in [0.15, 0.2) is 0 Å². The number of hydrogen-bond donors (Lipinski definition) is 0. The lowest BCUT2D eigenvalue weighted by Crippen LogP contribution is -2.21. The van der Waals surface area contributed by atoms with Crippen LogP contribution in [0.1, 0.15) is 13.8 Å². The fraction of sp³-hybridized carbons (Fsp3) is 0.185. The van der Waals surface area contributed by atoms with Gasteiger partial charge in [-0.05, 0) is 55.3 Å². The number of ether oxygens (including phenoxy) is 1. The second-order valence-electron chi connectivity index (χ2n) is 7.37. The van der Waals surface area contributed by atoms with E-state index >= 15 is 0 Å². The number of hydrogen-bond acceptors (Lipinski definition) is 4. The van der Waals surface area contributed by atoms with Crippen molar-refractivity contribution in [2.45, 2.75) is 13.8 Å². The van der Waals surface area contributed by atoms with Gasteiger partial charge in [-0.3, -0.25) is 4.57 Å². The predicted octanol–water partition coefficient (Wildman–Crippen LogP) is 6.71. The van der Waals surface area contributed by atoms with Crippen LogP contribution < -0.4 is 10.2 Å². The molecule has 0 amide bonds. The first-order chi connectivity index (χ1) is 16.1. The van der Waals surface area contributed by atoms with E-state index in [2.05, 4.69) is 6.07 Å². The van der Waals surface area contributed by atoms with Gasteiger partial charge in [0.25, 0.3) is 0 Å². The van der Waals surface area contributed by atoms with Crippen molar-refractivity contribution in [1.82, 2.24) is 4.57 Å². The molecule has 0 aliphatic rings. The molecule has 3 aromatic carbocycles. The summed E-state index contributed by atoms with van der Waals surface area (Å²) in [5.41, 5.74) is 5.01. The molecule has 0 fully saturated rings. The molecule has 6 heteroatoms. The fourth-order valence-corrected chi connectivity index (χ4v) is 5.87. The zero-order valence-corrected chi connectivity index (χ0v) is 20.0. The molecule has 0 aliphatic carbocycles. The van der Waals surface area contributed by atoms with Crippen LogP contribution >= 0.6 is 7.60 Å². The summed E-state index contributed by atoms with van der Waals surface area (Å²) in [6.45, 7) is 4.18. The van der Waals surface area contributed by atoms with Crippen molar-refractivity contribution in [3.63, 3.8) is 0 Å². The number of methoxy groups -OCH3 is 1. The van der Waals surface area contributed by atoms with E-state index in [1.165, 1.54) is 0 Å². The zero-order chi connectivity index (χ0) is 23.3. The molecule has 1 heterocycles. The molecule has 0 radical (unpaired) electrons. The van der Waals surface area contributed by atoms with Gasteiger partial charge in [-0.25, -0.2) is 0 Å². The molecular formula is C27H28NO4P. The SMILES string of the molecule is CCOP(=O)(OCC)c1c(-c2ccccc2)cc(-c2ccccc2)n1-c1ccc(OC)cc1. The van der Waals surface area contributed by atoms with Gasteiger partial charge in [-0.2, -0.15) is 0 Å². The van der Waals surface area contributed by atoms with E-state index in [1.807, 2.05) is 103 Å². The lowest BCUT2D eigenvalue weighted by Gasteiger charge is -2.22. The number of rotatable bonds is 9. The Bertz CT molecular complexity index is 1220. The van der Waals surface area contributed by atoms with Crippen LogP contribution in [0.4, 0.5) is 0 Å². The van der Waals surface area contributed by atoms with E-state index < -0.39 is 7.60 Å². The third kappa shape index (κ3) is 4.67. The molecule has 4 rings (SSSR count). The number of nitrogens with zero attached hydrogens (tertiary/aromatic N) is 1. The van der Waals surface area contributed by atoms with Gasteiger partial charge in [-0.15, -0.1) is 0 Å². The highest BCUT2D eigenvalue weighted by Gasteiger charge is 2.36. The average Bonchev–Trinajstić information content (AvgIpc) is 3.27. The van der Waals surface area contributed by atoms with Crippen LogP contribution in [0.5, 0.6) is 5.75 Å². The Morgan fingerprint density at radius 1 is 0.758 bits per heavy atom. The van der Waals surface area contributed by atoms with Crippen molar-refractivity contribution >= 4 is 13.0 Å². The molecule has 0 unspecified atom stereocenters. The van der Waals surface area contributed by atoms with Crippen LogP contribution in [-0.2, 0) is 13.6 Å². The van der Waals surface area contributed by atoms with Crippen LogP contribution in [0.2, 0.25) is 0 Å². The maximum absolute atomic E-state index is 14.3. The van der Waals surface area contributed by atoms with Crippen molar-refractivity contribution in [3.8, 4) is 33.8 Å². The maximum atomic E-state index is 14.3. The third-order valence-corrected chi connectivity index (χ3v) is 7.47. The van der Waals surface area contributed by atoms with Crippen LogP contribution in [0.3, 0.4) is 0 Å². The van der Waals surface area contributed by atoms with Crippen molar-refractivity contribution in [2.24, 2.45) is 0 Å². The molecule has 0 N–H and O–H groups in total. The molecule has 1 aromatic heterocycles. The lowest BCUT2D eigenvalue weighted by molar-refractivity contribution is 0.229. The van der Waals surface area contributed by atoms with Crippen LogP contribution in [0.25, 0.3) is 28.1 Å². The Balaban J connectivity index is 2.10. The Morgan fingerprint density at radius 3 is 1.82 bits per heavy atom. The van der Waals surface area contributed by atoms with E-state index in [0.29, 0.717) is 5.44 Å². The summed E-state index contributed by atoms with van der Waals surface area (Å²) >= 11 is 0. The molecule has 5 nitrogen and oxygen atoms in total. The summed E-state index contributed by atoms with van der Waals surface area (Å²) in [4.78, 5) is 0. The number of benzene rings is 3. The Kier molecular flexibility index (Phi) is 7.14. The topological polar surface area (TPSA) is 49.7 Å². The van der Waals surface area contributed by atoms with E-state index in [4.69, 9.17) is 13.8 Å². The fourth-order valence-electron chi connectivity index (χ4n) is 3.91. The van der Waals surface area contributed by atoms with Crippen molar-refractivity contribution in [3.05, 3.63) is 91.0 Å². The molecule has 0 atom stereocenters. The second-order valence-corrected chi connectivity index (χ2v) is 9.30. The lowest BCUT2D eigenvalue weighted by atomic mass is 10.1. The summed E-state index contributed by atoms with van der Waals surface area (Å²) < 4.78 is 33.4. The predicted molar refractivity (Wildman–Crippen MR) is 134 cm³/mol. The third-order valence-electron chi connectivity index (χ3n) is 5.32. The Hall–Kier alpha value is -3.11. The monoisotopic (exact) mass is 461 g/mol. The molecule has 0 saturated carbocycles. The maximum Gasteiger partial charge on any atom is 0.378 e. The molecule has 4 aromatic rings. The smallest absolute Gasteiger partial charge is 0.378 e. The van der Waals surface area contributed by atoms with E-state index in [9.17, 15) is 4.57 Å². The van der Waals surface area contributed by atoms with Crippen LogP contribution in [0.15, 0.2) is 91.0 Å². The molecule has 170 valence electrons. The van der Waals surface area contributed by atoms with Crippen LogP contribution in [0, 0.1) is 0 Å². The largest absolute Gasteiger partial charge is 0.497 e. The Labute approximate surface area is 195 Å². The summed E-state index contributed by atoms with van der Waals surface area (Å²) in [6.07, 6.45) is 0. The van der Waals surface area contributed by atoms with Crippen molar-refractivity contribution in [2.75, 3.05) is 20.3 Å². The first kappa shape index (κ1) is 23.1. The average molecular weight is 461 g/mol. The zero-order valence-electron chi connectivity index (χ0n) is 19.1. The normalized spacial score (nSPS) is 11.5. The highest BCUT2D eigenvalue weighted by atomic mass is 31.2. The summed E-state index contributed by atoms with van der Waals surface area (Å²) in [5, 5.41) is 0. The van der Waals surface area contributed by atoms with Crippen molar-refractivity contribution in [1.29, 1.82) is 0 Å². The minimum Gasteiger partial charge on any atom is -0.497 e. The molecule has 0 saturated heterocycles. The summed E-state index contributed by atoms with van der Waals surface area (Å²) in [6, 6.07) is 29.7. The van der Waals surface area contributed by atoms with Gasteiger partial charge in [0.2, 0.25) is 0 Å². The first-order valence-electron chi connectivity index (χ1n) is 11.0. The van der Waals surface area contributed by atoms with Gasteiger partial charge < -0.3 is 18.4 Å². The van der Waals surface area contributed by atoms with Gasteiger partial charge in [0.05, 0.1) is 26.0 Å². The van der Waals surface area contributed by atoms with Gasteiger partial charge in [-0.1, -0.05) is 60.7 Å². The van der Waals surface area contributed by atoms with Gasteiger partial charge >= 0.3 is 7.60 Å². The van der Waals surface area contributed by atoms with Gasteiger partial charge in [0.1, 0.15) is 11.2 Å². The number of aromatic nitrogens is 1. The molecule has 0 bridgehead atoms. The highest BCUT2D eigenvalue weighted by Crippen LogP contribution is 2.51. The van der Waals surface area contributed by atoms with E-state index in [1.54, 1.807) is 7.11 Å². The molecule has 0 aliphatic heterocycles. The Morgan fingerprint density at radius 2 is 1.30 bits per heavy atom. The molecular weight excluding hydrogens is 433 g/mol. The standard InChI is InChI=1S/C27H28NO4P/c1-4-31-33(29,32-5-2)27-25(21-12-8-6-9-13-21)20-26(22-14-10-7-11-15-22)28(27)23-16-18-24(30-3)19-17-23/h6-20H,4-5H2,1-3H3. The summed E-state index contributed by atoms with van der Waals surface area (Å²) in [5.74, 6) is 0.745. The molecule has 0 spiro atoms. The van der Waals surface area contributed by atoms with Gasteiger partial charge in [0, 0.05) is 11.3 Å². The minimum absolute atomic E-state index is 0.264. The quantitative estimate of drug-likeness (QED) is 0.260. The first-order valence-corrected chi connectivity index (χ1v) is 12.6. The van der Waals surface area contributed by atoms with E-state index in [0.717, 1.165) is 33.8 Å². The second kappa shape index (κ2) is 10.2. The summed E-state index contributed by atoms with van der Waals surface area (Å²) in [7, 11) is -2.03. The van der Waals surface area contributed by atoms with Crippen molar-refractivity contribution < 1.29 is 18.3 Å². The van der Waals surface area contributed by atoms with E-state index in [-0.39, 0.29) is 13.2 Å². The van der Waals surface area contributed by atoms with Crippen LogP contribution in [-0.4, -0.2) is 24.9 Å². The minimum atomic E-state index is -3.66. The molecule has 33 heavy (non-hydrogen) atoms.